The van der Waals surface area contributed by atoms with Crippen LogP contribution in [0.25, 0.3) is 0 Å². The molecule has 1 N–H and O–H groups in total. The molecule has 6 nitrogen and oxygen atoms in total. The largest absolute Gasteiger partial charge is 0.306 e. The van der Waals surface area contributed by atoms with Crippen LogP contribution in [0.15, 0.2) is 45.9 Å². The second-order valence-corrected chi connectivity index (χ2v) is 8.15. The number of carbonyl (C=O) groups is 1. The number of halogens is 1. The van der Waals surface area contributed by atoms with E-state index in [1.165, 1.54) is 38.4 Å². The summed E-state index contributed by atoms with van der Waals surface area (Å²) in [5, 5.41) is 2.70. The topological polar surface area (TPSA) is 79.4 Å². The number of hydrogen-bond donors (Lipinski definition) is 1. The maximum absolute atomic E-state index is 12.2. The van der Waals surface area contributed by atoms with Crippen LogP contribution in [0.3, 0.4) is 0 Å². The molecule has 1 aromatic carbocycles. The molecule has 0 aliphatic rings. The Labute approximate surface area is 143 Å². The standard InChI is InChI=1S/C15H16BrN3O3S/c1-10-8-12(16)9-17-14(10)18-15(20)11-4-6-13(7-5-11)23(21,22)19(2)3/h4-9H,1-3H3,(H,17,18,20). The molecule has 0 aliphatic heterocycles. The SMILES string of the molecule is Cc1cc(Br)cnc1NC(=O)c1ccc(S(=O)(=O)N(C)C)cc1. The minimum absolute atomic E-state index is 0.136. The first-order valence-electron chi connectivity index (χ1n) is 6.68. The smallest absolute Gasteiger partial charge is 0.256 e. The van der Waals surface area contributed by atoms with E-state index in [9.17, 15) is 13.2 Å². The Morgan fingerprint density at radius 2 is 1.83 bits per heavy atom. The van der Waals surface area contributed by atoms with Crippen molar-refractivity contribution in [3.05, 3.63) is 52.1 Å². The van der Waals surface area contributed by atoms with Crippen molar-refractivity contribution in [3.63, 3.8) is 0 Å². The summed E-state index contributed by atoms with van der Waals surface area (Å²) in [6.07, 6.45) is 1.59. The third kappa shape index (κ3) is 3.95. The number of aromatic nitrogens is 1. The summed E-state index contributed by atoms with van der Waals surface area (Å²) < 4.78 is 25.9. The van der Waals surface area contributed by atoms with Crippen LogP contribution >= 0.6 is 15.9 Å². The molecule has 23 heavy (non-hydrogen) atoms. The Morgan fingerprint density at radius 3 is 2.35 bits per heavy atom. The third-order valence-corrected chi connectivity index (χ3v) is 5.43. The molecule has 1 amide bonds. The predicted octanol–water partition coefficient (Wildman–Crippen LogP) is 2.66. The Kier molecular flexibility index (Phi) is 5.18. The first-order valence-corrected chi connectivity index (χ1v) is 8.91. The van der Waals surface area contributed by atoms with E-state index in [-0.39, 0.29) is 10.8 Å². The van der Waals surface area contributed by atoms with E-state index in [0.717, 1.165) is 14.3 Å². The van der Waals surface area contributed by atoms with Crippen LogP contribution < -0.4 is 5.32 Å². The van der Waals surface area contributed by atoms with Gasteiger partial charge >= 0.3 is 0 Å². The number of benzene rings is 1. The summed E-state index contributed by atoms with van der Waals surface area (Å²) in [6, 6.07) is 7.60. The molecule has 0 bridgehead atoms. The maximum atomic E-state index is 12.2. The first kappa shape index (κ1) is 17.6. The molecule has 2 rings (SSSR count). The molecular weight excluding hydrogens is 382 g/mol. The highest BCUT2D eigenvalue weighted by atomic mass is 79.9. The lowest BCUT2D eigenvalue weighted by Crippen LogP contribution is -2.22. The minimum atomic E-state index is -3.51. The Hall–Kier alpha value is -1.77. The number of anilines is 1. The molecule has 1 aromatic heterocycles. The Balaban J connectivity index is 2.21. The van der Waals surface area contributed by atoms with E-state index in [4.69, 9.17) is 0 Å². The highest BCUT2D eigenvalue weighted by Gasteiger charge is 2.17. The number of carbonyl (C=O) groups excluding carboxylic acids is 1. The molecular formula is C15H16BrN3O3S. The molecule has 0 fully saturated rings. The van der Waals surface area contributed by atoms with Crippen LogP contribution in [-0.2, 0) is 10.0 Å². The van der Waals surface area contributed by atoms with Gasteiger partial charge in [-0.15, -0.1) is 0 Å². The van der Waals surface area contributed by atoms with Gasteiger partial charge in [0.05, 0.1) is 4.90 Å². The van der Waals surface area contributed by atoms with Crippen LogP contribution in [0.5, 0.6) is 0 Å². The average Bonchev–Trinajstić information content (AvgIpc) is 2.50. The summed E-state index contributed by atoms with van der Waals surface area (Å²) in [5.41, 5.74) is 1.17. The van der Waals surface area contributed by atoms with E-state index in [2.05, 4.69) is 26.2 Å². The zero-order chi connectivity index (χ0) is 17.2. The summed E-state index contributed by atoms with van der Waals surface area (Å²) in [7, 11) is -0.593. The van der Waals surface area contributed by atoms with E-state index in [1.54, 1.807) is 6.20 Å². The number of hydrogen-bond acceptors (Lipinski definition) is 4. The van der Waals surface area contributed by atoms with Gasteiger partial charge in [-0.2, -0.15) is 0 Å². The van der Waals surface area contributed by atoms with E-state index >= 15 is 0 Å². The van der Waals surface area contributed by atoms with Gasteiger partial charge in [-0.05, 0) is 58.7 Å². The molecule has 0 radical (unpaired) electrons. The number of rotatable bonds is 4. The summed E-state index contributed by atoms with van der Waals surface area (Å²) in [6.45, 7) is 1.83. The highest BCUT2D eigenvalue weighted by Crippen LogP contribution is 2.18. The quantitative estimate of drug-likeness (QED) is 0.859. The van der Waals surface area contributed by atoms with Crippen molar-refractivity contribution in [1.82, 2.24) is 9.29 Å². The van der Waals surface area contributed by atoms with E-state index in [0.29, 0.717) is 11.4 Å². The van der Waals surface area contributed by atoms with Gasteiger partial charge in [0.25, 0.3) is 5.91 Å². The van der Waals surface area contributed by atoms with Gasteiger partial charge in [0.2, 0.25) is 10.0 Å². The predicted molar refractivity (Wildman–Crippen MR) is 91.9 cm³/mol. The number of aryl methyl sites for hydroxylation is 1. The normalized spacial score (nSPS) is 11.5. The third-order valence-electron chi connectivity index (χ3n) is 3.17. The van der Waals surface area contributed by atoms with Crippen LogP contribution in [0.1, 0.15) is 15.9 Å². The molecule has 0 unspecified atom stereocenters. The Morgan fingerprint density at radius 1 is 1.22 bits per heavy atom. The first-order chi connectivity index (χ1) is 10.7. The van der Waals surface area contributed by atoms with Crippen LogP contribution in [0.2, 0.25) is 0 Å². The molecule has 8 heteroatoms. The molecule has 2 aromatic rings. The van der Waals surface area contributed by atoms with Crippen molar-refractivity contribution in [2.75, 3.05) is 19.4 Å². The fourth-order valence-electron chi connectivity index (χ4n) is 1.84. The molecule has 1 heterocycles. The second kappa shape index (κ2) is 6.77. The summed E-state index contributed by atoms with van der Waals surface area (Å²) in [5.74, 6) is 0.111. The van der Waals surface area contributed by atoms with Crippen LogP contribution in [0.4, 0.5) is 5.82 Å². The van der Waals surface area contributed by atoms with Gasteiger partial charge in [0.1, 0.15) is 5.82 Å². The average molecular weight is 398 g/mol. The number of sulfonamides is 1. The van der Waals surface area contributed by atoms with Crippen molar-refractivity contribution in [2.24, 2.45) is 0 Å². The van der Waals surface area contributed by atoms with Crippen LogP contribution in [-0.4, -0.2) is 37.7 Å². The van der Waals surface area contributed by atoms with Gasteiger partial charge in [0, 0.05) is 30.3 Å². The van der Waals surface area contributed by atoms with Crippen molar-refractivity contribution < 1.29 is 13.2 Å². The number of nitrogens with one attached hydrogen (secondary N) is 1. The van der Waals surface area contributed by atoms with Crippen molar-refractivity contribution in [2.45, 2.75) is 11.8 Å². The lowest BCUT2D eigenvalue weighted by molar-refractivity contribution is 0.102. The monoisotopic (exact) mass is 397 g/mol. The zero-order valence-corrected chi connectivity index (χ0v) is 15.3. The number of pyridine rings is 1. The van der Waals surface area contributed by atoms with Gasteiger partial charge < -0.3 is 5.32 Å². The molecule has 0 aliphatic carbocycles. The number of amides is 1. The summed E-state index contributed by atoms with van der Waals surface area (Å²) in [4.78, 5) is 16.5. The molecule has 0 saturated heterocycles. The van der Waals surface area contributed by atoms with Crippen LogP contribution in [0, 0.1) is 6.92 Å². The molecule has 0 spiro atoms. The second-order valence-electron chi connectivity index (χ2n) is 5.08. The van der Waals surface area contributed by atoms with Gasteiger partial charge in [-0.25, -0.2) is 17.7 Å². The molecule has 0 atom stereocenters. The summed E-state index contributed by atoms with van der Waals surface area (Å²) >= 11 is 3.31. The van der Waals surface area contributed by atoms with E-state index < -0.39 is 10.0 Å². The lowest BCUT2D eigenvalue weighted by atomic mass is 10.2. The molecule has 122 valence electrons. The van der Waals surface area contributed by atoms with Gasteiger partial charge in [-0.1, -0.05) is 0 Å². The minimum Gasteiger partial charge on any atom is -0.306 e. The van der Waals surface area contributed by atoms with Gasteiger partial charge in [0.15, 0.2) is 0 Å². The fraction of sp³-hybridized carbons (Fsp3) is 0.200. The lowest BCUT2D eigenvalue weighted by Gasteiger charge is -2.12. The highest BCUT2D eigenvalue weighted by molar-refractivity contribution is 9.10. The van der Waals surface area contributed by atoms with E-state index in [1.807, 2.05) is 13.0 Å². The van der Waals surface area contributed by atoms with Crippen molar-refractivity contribution in [3.8, 4) is 0 Å². The fourth-order valence-corrected chi connectivity index (χ4v) is 3.19. The molecule has 0 saturated carbocycles. The van der Waals surface area contributed by atoms with Crippen molar-refractivity contribution >= 4 is 37.7 Å². The van der Waals surface area contributed by atoms with Gasteiger partial charge in [-0.3, -0.25) is 4.79 Å². The van der Waals surface area contributed by atoms with Crippen molar-refractivity contribution in [1.29, 1.82) is 0 Å². The maximum Gasteiger partial charge on any atom is 0.256 e. The number of nitrogens with zero attached hydrogens (tertiary/aromatic N) is 2. The zero-order valence-electron chi connectivity index (χ0n) is 12.9. The Bertz CT molecular complexity index is 834.